The summed E-state index contributed by atoms with van der Waals surface area (Å²) >= 11 is 0. The van der Waals surface area contributed by atoms with Gasteiger partial charge in [-0.25, -0.2) is 9.79 Å². The highest BCUT2D eigenvalue weighted by molar-refractivity contribution is 5.86. The minimum absolute atomic E-state index is 0.0219. The molecule has 0 unspecified atom stereocenters. The van der Waals surface area contributed by atoms with Crippen molar-refractivity contribution in [3.8, 4) is 0 Å². The van der Waals surface area contributed by atoms with Crippen molar-refractivity contribution in [3.05, 3.63) is 35.9 Å². The Bertz CT molecular complexity index is 655. The third-order valence-electron chi connectivity index (χ3n) is 4.53. The molecule has 8 nitrogen and oxygen atoms in total. The molecular formula is C20H31N5O3. The van der Waals surface area contributed by atoms with Gasteiger partial charge in [0, 0.05) is 33.2 Å². The Kier molecular flexibility index (Phi) is 8.58. The first-order valence-electron chi connectivity index (χ1n) is 9.70. The van der Waals surface area contributed by atoms with E-state index in [0.29, 0.717) is 32.2 Å². The molecule has 1 saturated heterocycles. The number of hydrogen-bond donors (Lipinski definition) is 2. The number of carbonyl (C=O) groups excluding carboxylic acids is 2. The summed E-state index contributed by atoms with van der Waals surface area (Å²) in [5.41, 5.74) is 1.10. The molecule has 1 aliphatic rings. The highest BCUT2D eigenvalue weighted by Crippen LogP contribution is 2.11. The molecule has 1 aliphatic heterocycles. The molecule has 2 rings (SSSR count). The smallest absolute Gasteiger partial charge is 0.409 e. The molecule has 2 N–H and O–H groups in total. The van der Waals surface area contributed by atoms with Gasteiger partial charge < -0.3 is 25.2 Å². The summed E-state index contributed by atoms with van der Waals surface area (Å²) in [4.78, 5) is 31.6. The highest BCUT2D eigenvalue weighted by atomic mass is 16.6. The van der Waals surface area contributed by atoms with Crippen LogP contribution in [0, 0.1) is 0 Å². The zero-order chi connectivity index (χ0) is 20.4. The van der Waals surface area contributed by atoms with E-state index >= 15 is 0 Å². The molecule has 0 atom stereocenters. The van der Waals surface area contributed by atoms with Gasteiger partial charge in [-0.1, -0.05) is 30.3 Å². The number of benzene rings is 1. The predicted molar refractivity (Wildman–Crippen MR) is 109 cm³/mol. The molecule has 28 heavy (non-hydrogen) atoms. The van der Waals surface area contributed by atoms with Crippen molar-refractivity contribution in [2.24, 2.45) is 4.99 Å². The topological polar surface area (TPSA) is 86.3 Å². The average Bonchev–Trinajstić information content (AvgIpc) is 2.71. The minimum Gasteiger partial charge on any atom is -0.450 e. The fourth-order valence-corrected chi connectivity index (χ4v) is 2.84. The second-order valence-electron chi connectivity index (χ2n) is 6.90. The van der Waals surface area contributed by atoms with Crippen LogP contribution in [0.25, 0.3) is 0 Å². The van der Waals surface area contributed by atoms with Gasteiger partial charge in [-0.3, -0.25) is 4.79 Å². The van der Waals surface area contributed by atoms with Crippen molar-refractivity contribution in [3.63, 3.8) is 0 Å². The van der Waals surface area contributed by atoms with Gasteiger partial charge in [-0.15, -0.1) is 0 Å². The normalized spacial score (nSPS) is 15.1. The third kappa shape index (κ3) is 7.09. The van der Waals surface area contributed by atoms with E-state index in [0.717, 1.165) is 18.4 Å². The maximum absolute atomic E-state index is 11.9. The Morgan fingerprint density at radius 3 is 2.50 bits per heavy atom. The maximum Gasteiger partial charge on any atom is 0.409 e. The molecule has 154 valence electrons. The Morgan fingerprint density at radius 1 is 1.21 bits per heavy atom. The predicted octanol–water partition coefficient (Wildman–Crippen LogP) is 1.43. The highest BCUT2D eigenvalue weighted by Gasteiger charge is 2.24. The zero-order valence-corrected chi connectivity index (χ0v) is 17.0. The lowest BCUT2D eigenvalue weighted by Gasteiger charge is -2.32. The second-order valence-corrected chi connectivity index (χ2v) is 6.90. The standard InChI is InChI=1S/C20H31N5O3/c1-4-28-20(27)25-12-10-17(11-13-25)23-19(22-15-18(26)24(2)3)21-14-16-8-6-5-7-9-16/h5-9,17H,4,10-15H2,1-3H3,(H2,21,22,23). The second kappa shape index (κ2) is 11.2. The maximum atomic E-state index is 11.9. The number of aliphatic imine (C=N–C) groups is 1. The lowest BCUT2D eigenvalue weighted by molar-refractivity contribution is -0.127. The first kappa shape index (κ1) is 21.5. The summed E-state index contributed by atoms with van der Waals surface area (Å²) in [6.07, 6.45) is 1.34. The van der Waals surface area contributed by atoms with Gasteiger partial charge in [0.25, 0.3) is 0 Å². The molecular weight excluding hydrogens is 358 g/mol. The SMILES string of the molecule is CCOC(=O)N1CCC(NC(=NCc2ccccc2)NCC(=O)N(C)C)CC1. The molecule has 0 aromatic heterocycles. The van der Waals surface area contributed by atoms with Gasteiger partial charge in [-0.05, 0) is 25.3 Å². The van der Waals surface area contributed by atoms with Gasteiger partial charge in [0.05, 0.1) is 19.7 Å². The molecule has 0 bridgehead atoms. The Balaban J connectivity index is 1.93. The average molecular weight is 390 g/mol. The number of ether oxygens (including phenoxy) is 1. The number of likely N-dealkylation sites (N-methyl/N-ethyl adjacent to an activating group) is 1. The number of piperidine rings is 1. The molecule has 1 aromatic rings. The van der Waals surface area contributed by atoms with Gasteiger partial charge in [-0.2, -0.15) is 0 Å². The summed E-state index contributed by atoms with van der Waals surface area (Å²) in [5, 5.41) is 6.52. The van der Waals surface area contributed by atoms with Crippen LogP contribution in [-0.2, 0) is 16.1 Å². The molecule has 8 heteroatoms. The fraction of sp³-hybridized carbons (Fsp3) is 0.550. The van der Waals surface area contributed by atoms with Crippen LogP contribution in [-0.4, -0.2) is 74.1 Å². The minimum atomic E-state index is -0.256. The van der Waals surface area contributed by atoms with E-state index in [-0.39, 0.29) is 24.6 Å². The molecule has 0 spiro atoms. The van der Waals surface area contributed by atoms with E-state index in [1.54, 1.807) is 23.9 Å². The molecule has 0 radical (unpaired) electrons. The van der Waals surface area contributed by atoms with Crippen molar-refractivity contribution >= 4 is 18.0 Å². The fourth-order valence-electron chi connectivity index (χ4n) is 2.84. The van der Waals surface area contributed by atoms with E-state index in [1.807, 2.05) is 37.3 Å². The molecule has 0 saturated carbocycles. The zero-order valence-electron chi connectivity index (χ0n) is 17.0. The monoisotopic (exact) mass is 389 g/mol. The Morgan fingerprint density at radius 2 is 1.89 bits per heavy atom. The number of guanidine groups is 1. The van der Waals surface area contributed by atoms with Gasteiger partial charge in [0.15, 0.2) is 5.96 Å². The van der Waals surface area contributed by atoms with E-state index < -0.39 is 0 Å². The Hall–Kier alpha value is -2.77. The number of nitrogens with one attached hydrogen (secondary N) is 2. The van der Waals surface area contributed by atoms with Gasteiger partial charge >= 0.3 is 6.09 Å². The number of nitrogens with zero attached hydrogens (tertiary/aromatic N) is 3. The summed E-state index contributed by atoms with van der Waals surface area (Å²) in [6.45, 7) is 4.17. The van der Waals surface area contributed by atoms with E-state index in [4.69, 9.17) is 4.74 Å². The third-order valence-corrected chi connectivity index (χ3v) is 4.53. The van der Waals surface area contributed by atoms with Crippen molar-refractivity contribution in [1.29, 1.82) is 0 Å². The van der Waals surface area contributed by atoms with Crippen LogP contribution in [0.3, 0.4) is 0 Å². The summed E-state index contributed by atoms with van der Waals surface area (Å²) in [5.74, 6) is 0.583. The van der Waals surface area contributed by atoms with E-state index in [2.05, 4.69) is 15.6 Å². The van der Waals surface area contributed by atoms with Crippen LogP contribution < -0.4 is 10.6 Å². The van der Waals surface area contributed by atoms with Crippen LogP contribution >= 0.6 is 0 Å². The molecule has 2 amide bonds. The first-order chi connectivity index (χ1) is 13.5. The van der Waals surface area contributed by atoms with Crippen molar-refractivity contribution in [1.82, 2.24) is 20.4 Å². The molecule has 1 heterocycles. The number of carbonyl (C=O) groups is 2. The van der Waals surface area contributed by atoms with E-state index in [1.165, 1.54) is 0 Å². The van der Waals surface area contributed by atoms with Crippen molar-refractivity contribution in [2.45, 2.75) is 32.4 Å². The lowest BCUT2D eigenvalue weighted by atomic mass is 10.1. The van der Waals surface area contributed by atoms with Crippen molar-refractivity contribution < 1.29 is 14.3 Å². The summed E-state index contributed by atoms with van der Waals surface area (Å²) in [6, 6.07) is 10.1. The molecule has 1 aromatic carbocycles. The van der Waals surface area contributed by atoms with Crippen LogP contribution in [0.15, 0.2) is 35.3 Å². The number of hydrogen-bond acceptors (Lipinski definition) is 4. The van der Waals surface area contributed by atoms with Crippen LogP contribution in [0.1, 0.15) is 25.3 Å². The number of rotatable bonds is 6. The summed E-state index contributed by atoms with van der Waals surface area (Å²) < 4.78 is 5.06. The van der Waals surface area contributed by atoms with Crippen molar-refractivity contribution in [2.75, 3.05) is 40.3 Å². The lowest BCUT2D eigenvalue weighted by Crippen LogP contribution is -2.51. The number of amides is 2. The van der Waals surface area contributed by atoms with Gasteiger partial charge in [0.1, 0.15) is 0 Å². The molecule has 1 fully saturated rings. The van der Waals surface area contributed by atoms with Crippen LogP contribution in [0.2, 0.25) is 0 Å². The van der Waals surface area contributed by atoms with E-state index in [9.17, 15) is 9.59 Å². The van der Waals surface area contributed by atoms with Gasteiger partial charge in [0.2, 0.25) is 5.91 Å². The Labute approximate surface area is 166 Å². The molecule has 0 aliphatic carbocycles. The number of likely N-dealkylation sites (tertiary alicyclic amines) is 1. The first-order valence-corrected chi connectivity index (χ1v) is 9.70. The summed E-state index contributed by atoms with van der Waals surface area (Å²) in [7, 11) is 3.45. The quantitative estimate of drug-likeness (QED) is 0.568. The van der Waals surface area contributed by atoms with Crippen LogP contribution in [0.4, 0.5) is 4.79 Å². The van der Waals surface area contributed by atoms with Crippen LogP contribution in [0.5, 0.6) is 0 Å². The largest absolute Gasteiger partial charge is 0.450 e.